The van der Waals surface area contributed by atoms with Gasteiger partial charge < -0.3 is 15.3 Å². The number of halogens is 6. The molecule has 0 aliphatic heterocycles. The molecule has 186 valence electrons. The summed E-state index contributed by atoms with van der Waals surface area (Å²) < 4.78 is 0. The summed E-state index contributed by atoms with van der Waals surface area (Å²) in [6, 6.07) is 17.6. The van der Waals surface area contributed by atoms with Gasteiger partial charge in [-0.05, 0) is 42.7 Å². The van der Waals surface area contributed by atoms with Crippen molar-refractivity contribution >= 4 is 81.3 Å². The lowest BCUT2D eigenvalue weighted by Crippen LogP contribution is -2.41. The number of aromatic hydroxyl groups is 1. The zero-order valence-electron chi connectivity index (χ0n) is 18.4. The standard InChI is InChI=1S/C19H21ClN2O.C6HCl5O/c20-16-12-10-15(11-13-16)14-22(18-8-4-5-9-18)19(23)21-17-6-2-1-3-7-17;7-1-2(8)4(10)6(12)5(11)3(1)9/h1-3,6-7,10-13,18H,4-5,8-9,14H2,(H,21,23);12H. The molecule has 1 aliphatic carbocycles. The van der Waals surface area contributed by atoms with Gasteiger partial charge in [0.05, 0.1) is 15.1 Å². The average molecular weight is 595 g/mol. The number of anilines is 1. The van der Waals surface area contributed by atoms with E-state index in [0.29, 0.717) is 12.6 Å². The molecule has 4 nitrogen and oxygen atoms in total. The first kappa shape index (κ1) is 28.0. The number of para-hydroxylation sites is 1. The number of urea groups is 1. The van der Waals surface area contributed by atoms with Crippen LogP contribution in [-0.4, -0.2) is 22.1 Å². The van der Waals surface area contributed by atoms with Gasteiger partial charge in [0.25, 0.3) is 0 Å². The summed E-state index contributed by atoms with van der Waals surface area (Å²) in [6.45, 7) is 0.612. The second-order valence-electron chi connectivity index (χ2n) is 7.91. The van der Waals surface area contributed by atoms with E-state index in [4.69, 9.17) is 69.6 Å². The number of carbonyl (C=O) groups is 1. The molecular formula is C25H22Cl6N2O2. The molecule has 0 heterocycles. The molecule has 1 aliphatic rings. The lowest BCUT2D eigenvalue weighted by atomic mass is 10.1. The number of phenolic OH excluding ortho intramolecular Hbond substituents is 1. The molecule has 4 rings (SSSR count). The highest BCUT2D eigenvalue weighted by molar-refractivity contribution is 6.55. The van der Waals surface area contributed by atoms with Crippen LogP contribution in [0.25, 0.3) is 0 Å². The van der Waals surface area contributed by atoms with E-state index >= 15 is 0 Å². The SMILES string of the molecule is O=C(Nc1ccccc1)N(Cc1ccc(Cl)cc1)C1CCCC1.Oc1c(Cl)c(Cl)c(Cl)c(Cl)c1Cl. The second-order valence-corrected chi connectivity index (χ2v) is 10.2. The number of nitrogens with zero attached hydrogens (tertiary/aromatic N) is 1. The maximum Gasteiger partial charge on any atom is 0.322 e. The minimum absolute atomic E-state index is 0.00904. The fraction of sp³-hybridized carbons (Fsp3) is 0.240. The monoisotopic (exact) mass is 592 g/mol. The summed E-state index contributed by atoms with van der Waals surface area (Å²) in [4.78, 5) is 14.7. The van der Waals surface area contributed by atoms with Crippen LogP contribution in [0.4, 0.5) is 10.5 Å². The highest BCUT2D eigenvalue weighted by atomic mass is 35.5. The van der Waals surface area contributed by atoms with Crippen molar-refractivity contribution < 1.29 is 9.90 Å². The predicted octanol–water partition coefficient (Wildman–Crippen LogP) is 9.98. The fourth-order valence-corrected chi connectivity index (χ4v) is 4.93. The molecule has 2 N–H and O–H groups in total. The molecule has 0 saturated heterocycles. The molecule has 3 aromatic rings. The molecule has 0 unspecified atom stereocenters. The van der Waals surface area contributed by atoms with Crippen LogP contribution in [-0.2, 0) is 6.54 Å². The molecule has 3 aromatic carbocycles. The normalized spacial score (nSPS) is 13.2. The third kappa shape index (κ3) is 7.48. The maximum absolute atomic E-state index is 12.8. The molecule has 35 heavy (non-hydrogen) atoms. The Morgan fingerprint density at radius 3 is 1.86 bits per heavy atom. The van der Waals surface area contributed by atoms with E-state index in [0.717, 1.165) is 29.1 Å². The molecule has 0 aromatic heterocycles. The Labute approximate surface area is 234 Å². The van der Waals surface area contributed by atoms with Crippen LogP contribution >= 0.6 is 69.6 Å². The number of phenols is 1. The molecule has 0 atom stereocenters. The van der Waals surface area contributed by atoms with E-state index in [-0.39, 0.29) is 36.9 Å². The Balaban J connectivity index is 0.000000241. The zero-order valence-corrected chi connectivity index (χ0v) is 22.9. The maximum atomic E-state index is 12.8. The van der Waals surface area contributed by atoms with Gasteiger partial charge >= 0.3 is 6.03 Å². The smallest absolute Gasteiger partial charge is 0.322 e. The topological polar surface area (TPSA) is 52.6 Å². The van der Waals surface area contributed by atoms with Gasteiger partial charge in [0.1, 0.15) is 10.0 Å². The van der Waals surface area contributed by atoms with Gasteiger partial charge in [0, 0.05) is 23.3 Å². The third-order valence-corrected chi connectivity index (χ3v) is 8.01. The van der Waals surface area contributed by atoms with E-state index in [2.05, 4.69) is 5.32 Å². The summed E-state index contributed by atoms with van der Waals surface area (Å²) in [7, 11) is 0. The van der Waals surface area contributed by atoms with Gasteiger partial charge in [-0.15, -0.1) is 0 Å². The molecular weight excluding hydrogens is 573 g/mol. The van der Waals surface area contributed by atoms with Crippen molar-refractivity contribution in [2.45, 2.75) is 38.3 Å². The van der Waals surface area contributed by atoms with Crippen LogP contribution in [0.2, 0.25) is 30.1 Å². The Morgan fingerprint density at radius 1 is 0.800 bits per heavy atom. The molecule has 1 saturated carbocycles. The minimum atomic E-state index is -0.363. The van der Waals surface area contributed by atoms with Gasteiger partial charge in [-0.25, -0.2) is 4.79 Å². The van der Waals surface area contributed by atoms with Crippen molar-refractivity contribution in [1.82, 2.24) is 4.90 Å². The van der Waals surface area contributed by atoms with Crippen LogP contribution in [0.1, 0.15) is 31.2 Å². The summed E-state index contributed by atoms with van der Waals surface area (Å²) in [5.41, 5.74) is 1.93. The van der Waals surface area contributed by atoms with Crippen LogP contribution in [0, 0.1) is 0 Å². The van der Waals surface area contributed by atoms with Gasteiger partial charge in [-0.3, -0.25) is 0 Å². The summed E-state index contributed by atoms with van der Waals surface area (Å²) in [6.07, 6.45) is 4.55. The van der Waals surface area contributed by atoms with Crippen LogP contribution < -0.4 is 5.32 Å². The van der Waals surface area contributed by atoms with E-state index < -0.39 is 0 Å². The summed E-state index contributed by atoms with van der Waals surface area (Å²) in [5, 5.41) is 12.7. The number of hydrogen-bond donors (Lipinski definition) is 2. The van der Waals surface area contributed by atoms with Gasteiger partial charge in [-0.2, -0.15) is 0 Å². The molecule has 2 amide bonds. The Morgan fingerprint density at radius 2 is 1.31 bits per heavy atom. The molecule has 0 spiro atoms. The van der Waals surface area contributed by atoms with E-state index in [1.165, 1.54) is 12.8 Å². The largest absolute Gasteiger partial charge is 0.505 e. The molecule has 0 bridgehead atoms. The van der Waals surface area contributed by atoms with Crippen LogP contribution in [0.5, 0.6) is 5.75 Å². The van der Waals surface area contributed by atoms with Crippen LogP contribution in [0.15, 0.2) is 54.6 Å². The van der Waals surface area contributed by atoms with Crippen molar-refractivity contribution in [3.63, 3.8) is 0 Å². The van der Waals surface area contributed by atoms with E-state index in [9.17, 15) is 9.90 Å². The summed E-state index contributed by atoms with van der Waals surface area (Å²) in [5.74, 6) is -0.363. The third-order valence-electron chi connectivity index (χ3n) is 5.50. The number of rotatable bonds is 4. The minimum Gasteiger partial charge on any atom is -0.505 e. The van der Waals surface area contributed by atoms with Crippen molar-refractivity contribution in [3.05, 3.63) is 90.3 Å². The van der Waals surface area contributed by atoms with E-state index in [1.807, 2.05) is 59.5 Å². The number of hydrogen-bond acceptors (Lipinski definition) is 2. The molecule has 1 fully saturated rings. The first-order valence-electron chi connectivity index (χ1n) is 10.8. The van der Waals surface area contributed by atoms with Crippen molar-refractivity contribution in [2.24, 2.45) is 0 Å². The van der Waals surface area contributed by atoms with Crippen molar-refractivity contribution in [3.8, 4) is 5.75 Å². The number of nitrogens with one attached hydrogen (secondary N) is 1. The second kappa shape index (κ2) is 13.1. The van der Waals surface area contributed by atoms with Gasteiger partial charge in [-0.1, -0.05) is 113 Å². The quantitative estimate of drug-likeness (QED) is 0.233. The first-order valence-corrected chi connectivity index (χ1v) is 13.0. The Kier molecular flexibility index (Phi) is 10.5. The zero-order chi connectivity index (χ0) is 25.5. The average Bonchev–Trinajstić information content (AvgIpc) is 3.40. The highest BCUT2D eigenvalue weighted by Gasteiger charge is 2.27. The van der Waals surface area contributed by atoms with E-state index in [1.54, 1.807) is 0 Å². The lowest BCUT2D eigenvalue weighted by molar-refractivity contribution is 0.184. The number of amides is 2. The van der Waals surface area contributed by atoms with Gasteiger partial charge in [0.15, 0.2) is 5.75 Å². The highest BCUT2D eigenvalue weighted by Crippen LogP contribution is 2.47. The van der Waals surface area contributed by atoms with Crippen LogP contribution in [0.3, 0.4) is 0 Å². The lowest BCUT2D eigenvalue weighted by Gasteiger charge is -2.29. The van der Waals surface area contributed by atoms with Crippen molar-refractivity contribution in [2.75, 3.05) is 5.32 Å². The molecule has 10 heteroatoms. The predicted molar refractivity (Wildman–Crippen MR) is 148 cm³/mol. The number of benzene rings is 3. The number of carbonyl (C=O) groups excluding carboxylic acids is 1. The van der Waals surface area contributed by atoms with Crippen molar-refractivity contribution in [1.29, 1.82) is 0 Å². The molecule has 0 radical (unpaired) electrons. The Hall–Kier alpha value is -1.53. The Bertz CT molecular complexity index is 1050. The van der Waals surface area contributed by atoms with Gasteiger partial charge in [0.2, 0.25) is 0 Å². The first-order chi connectivity index (χ1) is 16.7. The fourth-order valence-electron chi connectivity index (χ4n) is 3.68. The summed E-state index contributed by atoms with van der Waals surface area (Å²) >= 11 is 33.9.